The molecule has 0 aliphatic heterocycles. The molecule has 0 fully saturated rings. The van der Waals surface area contributed by atoms with Crippen LogP contribution in [-0.4, -0.2) is 35.6 Å². The maximum atomic E-state index is 5.95. The minimum absolute atomic E-state index is 0.655. The molecule has 4 nitrogen and oxygen atoms in total. The molecule has 0 aliphatic rings. The van der Waals surface area contributed by atoms with Crippen LogP contribution in [0.25, 0.3) is 11.0 Å². The standard InChI is InChI=1S/C20H24N2O2S/c1-15-8-9-16(2)19(14-15)24-12-13-25-20-21-17-6-4-5-7-18(17)22(20)10-11-23-3/h4-9,14H,10-13H2,1-3H3. The summed E-state index contributed by atoms with van der Waals surface area (Å²) in [6.45, 7) is 6.29. The number of methoxy groups -OCH3 is 1. The molecule has 3 aromatic rings. The molecule has 0 spiro atoms. The number of aromatic nitrogens is 2. The summed E-state index contributed by atoms with van der Waals surface area (Å²) in [5, 5.41) is 1.02. The molecule has 0 atom stereocenters. The number of nitrogens with zero attached hydrogens (tertiary/aromatic N) is 2. The molecular weight excluding hydrogens is 332 g/mol. The van der Waals surface area contributed by atoms with Gasteiger partial charge in [-0.25, -0.2) is 4.98 Å². The lowest BCUT2D eigenvalue weighted by molar-refractivity contribution is 0.186. The molecule has 5 heteroatoms. The third-order valence-electron chi connectivity index (χ3n) is 4.05. The summed E-state index contributed by atoms with van der Waals surface area (Å²) >= 11 is 1.72. The number of thioether (sulfide) groups is 1. The van der Waals surface area contributed by atoms with Crippen molar-refractivity contribution in [3.05, 3.63) is 53.6 Å². The number of para-hydroxylation sites is 2. The molecule has 3 rings (SSSR count). The summed E-state index contributed by atoms with van der Waals surface area (Å²) in [7, 11) is 1.73. The number of hydrogen-bond donors (Lipinski definition) is 0. The molecule has 1 heterocycles. The van der Waals surface area contributed by atoms with Crippen molar-refractivity contribution in [2.24, 2.45) is 0 Å². The zero-order valence-electron chi connectivity index (χ0n) is 15.0. The normalized spacial score (nSPS) is 11.2. The Bertz CT molecular complexity index is 845. The van der Waals surface area contributed by atoms with Crippen molar-refractivity contribution >= 4 is 22.8 Å². The summed E-state index contributed by atoms with van der Waals surface area (Å²) in [5.74, 6) is 1.82. The molecule has 0 N–H and O–H groups in total. The van der Waals surface area contributed by atoms with E-state index in [-0.39, 0.29) is 0 Å². The van der Waals surface area contributed by atoms with Gasteiger partial charge in [-0.15, -0.1) is 0 Å². The molecule has 0 saturated heterocycles. The second kappa shape index (κ2) is 8.41. The van der Waals surface area contributed by atoms with Gasteiger partial charge in [0, 0.05) is 19.4 Å². The first-order valence-corrected chi connectivity index (χ1v) is 9.44. The Kier molecular flexibility index (Phi) is 6.00. The summed E-state index contributed by atoms with van der Waals surface area (Å²) in [4.78, 5) is 4.76. The van der Waals surface area contributed by atoms with Crippen LogP contribution in [0, 0.1) is 13.8 Å². The lowest BCUT2D eigenvalue weighted by Crippen LogP contribution is -2.07. The highest BCUT2D eigenvalue weighted by atomic mass is 32.2. The van der Waals surface area contributed by atoms with E-state index >= 15 is 0 Å². The van der Waals surface area contributed by atoms with E-state index in [0.29, 0.717) is 13.2 Å². The molecule has 0 unspecified atom stereocenters. The molecule has 132 valence electrons. The molecular formula is C20H24N2O2S. The predicted octanol–water partition coefficient (Wildman–Crippen LogP) is 4.47. The van der Waals surface area contributed by atoms with E-state index in [4.69, 9.17) is 14.5 Å². The zero-order chi connectivity index (χ0) is 17.6. The van der Waals surface area contributed by atoms with Gasteiger partial charge in [-0.2, -0.15) is 0 Å². The van der Waals surface area contributed by atoms with E-state index in [2.05, 4.69) is 48.7 Å². The molecule has 25 heavy (non-hydrogen) atoms. The van der Waals surface area contributed by atoms with Crippen molar-refractivity contribution in [1.82, 2.24) is 9.55 Å². The van der Waals surface area contributed by atoms with Crippen LogP contribution >= 0.6 is 11.8 Å². The Morgan fingerprint density at radius 2 is 1.92 bits per heavy atom. The van der Waals surface area contributed by atoms with Gasteiger partial charge in [0.05, 0.1) is 24.2 Å². The van der Waals surface area contributed by atoms with Gasteiger partial charge in [0.25, 0.3) is 0 Å². The first-order valence-electron chi connectivity index (χ1n) is 8.46. The minimum atomic E-state index is 0.655. The fourth-order valence-electron chi connectivity index (χ4n) is 2.71. The number of hydrogen-bond acceptors (Lipinski definition) is 4. The van der Waals surface area contributed by atoms with E-state index in [9.17, 15) is 0 Å². The van der Waals surface area contributed by atoms with Crippen LogP contribution in [0.1, 0.15) is 11.1 Å². The van der Waals surface area contributed by atoms with Crippen molar-refractivity contribution < 1.29 is 9.47 Å². The quantitative estimate of drug-likeness (QED) is 0.441. The highest BCUT2D eigenvalue weighted by Gasteiger charge is 2.11. The average Bonchev–Trinajstić information content (AvgIpc) is 2.97. The van der Waals surface area contributed by atoms with E-state index in [0.717, 1.165) is 34.2 Å². The van der Waals surface area contributed by atoms with E-state index in [1.54, 1.807) is 18.9 Å². The first kappa shape index (κ1) is 17.8. The molecule has 0 saturated carbocycles. The highest BCUT2D eigenvalue weighted by Crippen LogP contribution is 2.25. The minimum Gasteiger partial charge on any atom is -0.492 e. The number of ether oxygens (including phenoxy) is 2. The molecule has 0 bridgehead atoms. The van der Waals surface area contributed by atoms with Crippen LogP contribution < -0.4 is 4.74 Å². The third-order valence-corrected chi connectivity index (χ3v) is 4.99. The van der Waals surface area contributed by atoms with Gasteiger partial charge in [0.15, 0.2) is 5.16 Å². The smallest absolute Gasteiger partial charge is 0.169 e. The number of fused-ring (bicyclic) bond motifs is 1. The Morgan fingerprint density at radius 3 is 2.76 bits per heavy atom. The van der Waals surface area contributed by atoms with Crippen molar-refractivity contribution in [3.63, 3.8) is 0 Å². The fourth-order valence-corrected chi connectivity index (χ4v) is 3.57. The maximum absolute atomic E-state index is 5.95. The predicted molar refractivity (Wildman–Crippen MR) is 104 cm³/mol. The largest absolute Gasteiger partial charge is 0.492 e. The topological polar surface area (TPSA) is 36.3 Å². The SMILES string of the molecule is COCCn1c(SCCOc2cc(C)ccc2C)nc2ccccc21. The Morgan fingerprint density at radius 1 is 1.08 bits per heavy atom. The second-order valence-corrected chi connectivity index (χ2v) is 7.06. The van der Waals surface area contributed by atoms with E-state index in [1.165, 1.54) is 11.1 Å². The summed E-state index contributed by atoms with van der Waals surface area (Å²) in [5.41, 5.74) is 4.56. The Hall–Kier alpha value is -1.98. The van der Waals surface area contributed by atoms with Crippen molar-refractivity contribution in [2.75, 3.05) is 26.1 Å². The fraction of sp³-hybridized carbons (Fsp3) is 0.350. The van der Waals surface area contributed by atoms with Crippen molar-refractivity contribution in [2.45, 2.75) is 25.5 Å². The van der Waals surface area contributed by atoms with Gasteiger partial charge in [-0.1, -0.05) is 36.0 Å². The average molecular weight is 356 g/mol. The van der Waals surface area contributed by atoms with Gasteiger partial charge >= 0.3 is 0 Å². The van der Waals surface area contributed by atoms with Crippen molar-refractivity contribution in [3.8, 4) is 5.75 Å². The van der Waals surface area contributed by atoms with Crippen molar-refractivity contribution in [1.29, 1.82) is 0 Å². The molecule has 2 aromatic carbocycles. The van der Waals surface area contributed by atoms with Gasteiger partial charge in [0.2, 0.25) is 0 Å². The maximum Gasteiger partial charge on any atom is 0.169 e. The Balaban J connectivity index is 1.65. The number of imidazole rings is 1. The monoisotopic (exact) mass is 356 g/mol. The highest BCUT2D eigenvalue weighted by molar-refractivity contribution is 7.99. The van der Waals surface area contributed by atoms with Crippen LogP contribution in [0.15, 0.2) is 47.6 Å². The summed E-state index contributed by atoms with van der Waals surface area (Å²) < 4.78 is 13.4. The van der Waals surface area contributed by atoms with Crippen LogP contribution in [0.3, 0.4) is 0 Å². The van der Waals surface area contributed by atoms with E-state index < -0.39 is 0 Å². The first-order chi connectivity index (χ1) is 12.2. The lowest BCUT2D eigenvalue weighted by atomic mass is 10.1. The number of rotatable bonds is 8. The van der Waals surface area contributed by atoms with Gasteiger partial charge < -0.3 is 14.0 Å². The van der Waals surface area contributed by atoms with Crippen LogP contribution in [0.5, 0.6) is 5.75 Å². The molecule has 0 amide bonds. The molecule has 0 aliphatic carbocycles. The van der Waals surface area contributed by atoms with Crippen LogP contribution in [-0.2, 0) is 11.3 Å². The third kappa shape index (κ3) is 4.35. The van der Waals surface area contributed by atoms with Gasteiger partial charge in [-0.05, 0) is 43.2 Å². The molecule has 1 aromatic heterocycles. The lowest BCUT2D eigenvalue weighted by Gasteiger charge is -2.11. The van der Waals surface area contributed by atoms with E-state index in [1.807, 2.05) is 12.1 Å². The van der Waals surface area contributed by atoms with Gasteiger partial charge in [0.1, 0.15) is 5.75 Å². The van der Waals surface area contributed by atoms with Crippen LogP contribution in [0.2, 0.25) is 0 Å². The van der Waals surface area contributed by atoms with Crippen LogP contribution in [0.4, 0.5) is 0 Å². The summed E-state index contributed by atoms with van der Waals surface area (Å²) in [6, 6.07) is 14.5. The van der Waals surface area contributed by atoms with Gasteiger partial charge in [-0.3, -0.25) is 0 Å². The number of aryl methyl sites for hydroxylation is 2. The molecule has 0 radical (unpaired) electrons. The number of benzene rings is 2. The summed E-state index contributed by atoms with van der Waals surface area (Å²) in [6.07, 6.45) is 0. The zero-order valence-corrected chi connectivity index (χ0v) is 15.8. The second-order valence-electron chi connectivity index (χ2n) is 5.99. The Labute approximate surface area is 153 Å².